The number of carbonyl (C=O) groups excluding carboxylic acids is 3. The van der Waals surface area contributed by atoms with Gasteiger partial charge in [0, 0.05) is 29.4 Å². The molecule has 0 bridgehead atoms. The van der Waals surface area contributed by atoms with E-state index in [1.165, 1.54) is 0 Å². The molecule has 2 aromatic rings. The monoisotopic (exact) mass is 455 g/mol. The highest BCUT2D eigenvalue weighted by atomic mass is 32.2. The fraction of sp³-hybridized carbons (Fsp3) is 0.318. The number of anilines is 1. The van der Waals surface area contributed by atoms with Crippen LogP contribution in [0.25, 0.3) is 0 Å². The summed E-state index contributed by atoms with van der Waals surface area (Å²) in [4.78, 5) is 45.3. The van der Waals surface area contributed by atoms with Crippen molar-refractivity contribution in [2.75, 3.05) is 30.8 Å². The number of aliphatic imine (C=N–C) groups is 1. The van der Waals surface area contributed by atoms with Gasteiger partial charge in [0.25, 0.3) is 5.91 Å². The lowest BCUT2D eigenvalue weighted by molar-refractivity contribution is -0.143. The first-order valence-electron chi connectivity index (χ1n) is 10.2. The molecule has 3 N–H and O–H groups in total. The number of pyridine rings is 1. The molecule has 0 aliphatic carbocycles. The minimum atomic E-state index is -0.607. The average molecular weight is 456 g/mol. The van der Waals surface area contributed by atoms with Crippen LogP contribution in [0.3, 0.4) is 0 Å². The van der Waals surface area contributed by atoms with E-state index >= 15 is 0 Å². The number of amidine groups is 1. The fourth-order valence-corrected chi connectivity index (χ4v) is 3.75. The Morgan fingerprint density at radius 1 is 1.22 bits per heavy atom. The fourth-order valence-electron chi connectivity index (χ4n) is 3.00. The van der Waals surface area contributed by atoms with Crippen LogP contribution in [0.4, 0.5) is 5.69 Å². The zero-order valence-corrected chi connectivity index (χ0v) is 18.5. The maximum atomic E-state index is 12.5. The summed E-state index contributed by atoms with van der Waals surface area (Å²) in [5, 5.41) is 9.37. The molecule has 0 saturated heterocycles. The van der Waals surface area contributed by atoms with Crippen molar-refractivity contribution in [2.24, 2.45) is 4.99 Å². The van der Waals surface area contributed by atoms with E-state index in [-0.39, 0.29) is 25.5 Å². The number of nitrogens with zero attached hydrogens (tertiary/aromatic N) is 2. The van der Waals surface area contributed by atoms with Crippen molar-refractivity contribution >= 4 is 40.4 Å². The number of esters is 1. The highest BCUT2D eigenvalue weighted by Gasteiger charge is 2.20. The van der Waals surface area contributed by atoms with Crippen LogP contribution in [0, 0.1) is 0 Å². The Morgan fingerprint density at radius 3 is 2.81 bits per heavy atom. The first-order valence-corrected chi connectivity index (χ1v) is 11.2. The molecule has 0 saturated carbocycles. The molecule has 1 aromatic heterocycles. The summed E-state index contributed by atoms with van der Waals surface area (Å²) < 4.78 is 4.99. The lowest BCUT2D eigenvalue weighted by atomic mass is 10.1. The van der Waals surface area contributed by atoms with Gasteiger partial charge in [0.05, 0.1) is 32.2 Å². The number of hydrogen-bond acceptors (Lipinski definition) is 8. The summed E-state index contributed by atoms with van der Waals surface area (Å²) in [6, 6.07) is 9.85. The maximum Gasteiger partial charge on any atom is 0.308 e. The van der Waals surface area contributed by atoms with E-state index in [0.717, 1.165) is 23.2 Å². The van der Waals surface area contributed by atoms with Crippen LogP contribution in [-0.4, -0.2) is 53.4 Å². The predicted octanol–water partition coefficient (Wildman–Crippen LogP) is 2.14. The van der Waals surface area contributed by atoms with Gasteiger partial charge in [0.15, 0.2) is 5.17 Å². The van der Waals surface area contributed by atoms with Gasteiger partial charge in [-0.1, -0.05) is 23.9 Å². The molecule has 0 spiro atoms. The Labute approximate surface area is 190 Å². The van der Waals surface area contributed by atoms with Crippen LogP contribution in [0.2, 0.25) is 0 Å². The topological polar surface area (TPSA) is 122 Å². The molecule has 1 aromatic carbocycles. The van der Waals surface area contributed by atoms with Crippen molar-refractivity contribution in [3.05, 3.63) is 59.9 Å². The zero-order valence-electron chi connectivity index (χ0n) is 17.7. The second-order valence-corrected chi connectivity index (χ2v) is 7.92. The summed E-state index contributed by atoms with van der Waals surface area (Å²) in [7, 11) is 0. The van der Waals surface area contributed by atoms with Crippen molar-refractivity contribution in [2.45, 2.75) is 19.4 Å². The van der Waals surface area contributed by atoms with Gasteiger partial charge < -0.3 is 20.7 Å². The molecule has 32 heavy (non-hydrogen) atoms. The molecule has 2 heterocycles. The number of amides is 2. The summed E-state index contributed by atoms with van der Waals surface area (Å²) in [6.07, 6.45) is 3.15. The van der Waals surface area contributed by atoms with Crippen molar-refractivity contribution in [1.29, 1.82) is 0 Å². The van der Waals surface area contributed by atoms with Crippen molar-refractivity contribution in [1.82, 2.24) is 15.6 Å². The minimum absolute atomic E-state index is 0.0329. The normalized spacial score (nSPS) is 13.6. The van der Waals surface area contributed by atoms with Gasteiger partial charge in [0.1, 0.15) is 0 Å². The van der Waals surface area contributed by atoms with E-state index in [0.29, 0.717) is 11.1 Å². The molecule has 0 radical (unpaired) electrons. The van der Waals surface area contributed by atoms with E-state index in [9.17, 15) is 14.4 Å². The Bertz CT molecular complexity index is 983. The second kappa shape index (κ2) is 11.8. The minimum Gasteiger partial charge on any atom is -0.466 e. The third kappa shape index (κ3) is 7.09. The summed E-state index contributed by atoms with van der Waals surface area (Å²) >= 11 is 1.62. The van der Waals surface area contributed by atoms with Crippen LogP contribution in [0.1, 0.15) is 35.3 Å². The van der Waals surface area contributed by atoms with E-state index in [1.54, 1.807) is 61.4 Å². The summed E-state index contributed by atoms with van der Waals surface area (Å²) in [6.45, 7) is 2.51. The number of aromatic nitrogens is 1. The van der Waals surface area contributed by atoms with Crippen molar-refractivity contribution in [3.63, 3.8) is 0 Å². The van der Waals surface area contributed by atoms with Gasteiger partial charge >= 0.3 is 5.97 Å². The smallest absolute Gasteiger partial charge is 0.308 e. The Balaban J connectivity index is 1.56. The van der Waals surface area contributed by atoms with E-state index in [1.807, 2.05) is 6.07 Å². The number of thioether (sulfide) groups is 1. The lowest BCUT2D eigenvalue weighted by Crippen LogP contribution is -2.39. The van der Waals surface area contributed by atoms with Gasteiger partial charge in [-0.25, -0.2) is 0 Å². The Hall–Kier alpha value is -3.40. The van der Waals surface area contributed by atoms with E-state index < -0.39 is 17.9 Å². The van der Waals surface area contributed by atoms with E-state index in [2.05, 4.69) is 25.9 Å². The molecular weight excluding hydrogens is 430 g/mol. The first kappa shape index (κ1) is 23.3. The largest absolute Gasteiger partial charge is 0.466 e. The van der Waals surface area contributed by atoms with Crippen LogP contribution < -0.4 is 16.0 Å². The summed E-state index contributed by atoms with van der Waals surface area (Å²) in [5.41, 5.74) is 1.84. The van der Waals surface area contributed by atoms with Crippen molar-refractivity contribution in [3.8, 4) is 0 Å². The highest BCUT2D eigenvalue weighted by Crippen LogP contribution is 2.18. The van der Waals surface area contributed by atoms with Gasteiger partial charge in [-0.05, 0) is 36.8 Å². The second-order valence-electron chi connectivity index (χ2n) is 6.84. The molecular formula is C22H25N5O4S. The van der Waals surface area contributed by atoms with E-state index in [4.69, 9.17) is 4.74 Å². The van der Waals surface area contributed by atoms with Gasteiger partial charge in [-0.3, -0.25) is 24.4 Å². The lowest BCUT2D eigenvalue weighted by Gasteiger charge is -2.18. The molecule has 10 heteroatoms. The molecule has 1 atom stereocenters. The molecule has 0 fully saturated rings. The number of carbonyl (C=O) groups is 3. The highest BCUT2D eigenvalue weighted by molar-refractivity contribution is 8.14. The number of hydrogen-bond donors (Lipinski definition) is 3. The average Bonchev–Trinajstić information content (AvgIpc) is 3.31. The quantitative estimate of drug-likeness (QED) is 0.495. The number of nitrogens with one attached hydrogen (secondary N) is 3. The Morgan fingerprint density at radius 2 is 2.09 bits per heavy atom. The van der Waals surface area contributed by atoms with Gasteiger partial charge in [0.2, 0.25) is 5.91 Å². The first-order chi connectivity index (χ1) is 15.5. The van der Waals surface area contributed by atoms with Gasteiger partial charge in [-0.2, -0.15) is 0 Å². The van der Waals surface area contributed by atoms with Crippen LogP contribution in [-0.2, 0) is 14.3 Å². The van der Waals surface area contributed by atoms with Crippen LogP contribution in [0.5, 0.6) is 0 Å². The zero-order chi connectivity index (χ0) is 22.8. The maximum absolute atomic E-state index is 12.5. The van der Waals surface area contributed by atoms with Crippen LogP contribution in [0.15, 0.2) is 53.8 Å². The molecule has 1 aliphatic heterocycles. The third-order valence-corrected chi connectivity index (χ3v) is 5.36. The van der Waals surface area contributed by atoms with Crippen molar-refractivity contribution < 1.29 is 19.1 Å². The molecule has 1 aliphatic rings. The predicted molar refractivity (Wildman–Crippen MR) is 124 cm³/mol. The molecule has 9 nitrogen and oxygen atoms in total. The Kier molecular flexibility index (Phi) is 8.61. The molecule has 3 rings (SSSR count). The SMILES string of the molecule is CCOC(=O)CC(NC(=O)CNC(=O)c1cccc(NC2=NCCS2)c1)c1cccnc1. The molecule has 168 valence electrons. The number of rotatable bonds is 9. The number of benzene rings is 1. The van der Waals surface area contributed by atoms with Crippen LogP contribution >= 0.6 is 11.8 Å². The molecule has 2 amide bonds. The van der Waals surface area contributed by atoms with Gasteiger partial charge in [-0.15, -0.1) is 0 Å². The standard InChI is InChI=1S/C22H25N5O4S/c1-2-31-20(29)12-18(16-6-4-8-23-13-16)27-19(28)14-25-21(30)15-5-3-7-17(11-15)26-22-24-9-10-32-22/h3-8,11,13,18H,2,9-10,12,14H2,1H3,(H,24,26)(H,25,30)(H,27,28). The third-order valence-electron chi connectivity index (χ3n) is 4.47. The summed E-state index contributed by atoms with van der Waals surface area (Å²) in [5.74, 6) is -0.302. The molecule has 1 unspecified atom stereocenters. The number of ether oxygens (including phenoxy) is 1.